The topological polar surface area (TPSA) is 9.49 Å². The summed E-state index contributed by atoms with van der Waals surface area (Å²) in [6.45, 7) is 28.4. The maximum Gasteiger partial charge on any atom is 0.192 e. The Morgan fingerprint density at radius 1 is 0.625 bits per heavy atom. The van der Waals surface area contributed by atoms with Gasteiger partial charge < -0.3 is 0 Å². The molecule has 130 valence electrons. The Morgan fingerprint density at radius 3 is 1.21 bits per heavy atom. The average Bonchev–Trinajstić information content (AvgIpc) is 3.29. The molecule has 0 bridgehead atoms. The van der Waals surface area contributed by atoms with Crippen molar-refractivity contribution in [3.05, 3.63) is 75.9 Å². The summed E-state index contributed by atoms with van der Waals surface area (Å²) in [6, 6.07) is 0.696. The third-order valence-corrected chi connectivity index (χ3v) is 4.10. The maximum atomic E-state index is 3.90. The molecule has 2 atom stereocenters. The molecule has 0 N–H and O–H groups in total. The van der Waals surface area contributed by atoms with Crippen LogP contribution in [0.5, 0.6) is 0 Å². The van der Waals surface area contributed by atoms with Crippen LogP contribution >= 0.6 is 0 Å². The lowest BCUT2D eigenvalue weighted by Gasteiger charge is -2.21. The lowest BCUT2D eigenvalue weighted by molar-refractivity contribution is -0.506. The van der Waals surface area contributed by atoms with Gasteiger partial charge in [-0.1, -0.05) is 37.5 Å². The Kier molecular flexibility index (Phi) is 8.98. The minimum Gasteiger partial charge on any atom is -0.282 e. The number of hydrogen-bond acceptors (Lipinski definition) is 2. The van der Waals surface area contributed by atoms with Crippen LogP contribution in [0.4, 0.5) is 0 Å². The van der Waals surface area contributed by atoms with Crippen LogP contribution in [0.3, 0.4) is 0 Å². The first-order valence-electron chi connectivity index (χ1n) is 8.45. The molecule has 1 aliphatic carbocycles. The third kappa shape index (κ3) is 5.02. The summed E-state index contributed by atoms with van der Waals surface area (Å²) in [6.07, 6.45) is 11.7. The van der Waals surface area contributed by atoms with Gasteiger partial charge in [-0.25, -0.2) is 4.58 Å². The predicted molar refractivity (Wildman–Crippen MR) is 107 cm³/mol. The van der Waals surface area contributed by atoms with Crippen molar-refractivity contribution < 1.29 is 4.58 Å². The molecule has 3 nitrogen and oxygen atoms in total. The van der Waals surface area contributed by atoms with Crippen LogP contribution in [0.1, 0.15) is 0 Å². The highest BCUT2D eigenvalue weighted by atomic mass is 15.3. The highest BCUT2D eigenvalue weighted by Gasteiger charge is 2.59. The van der Waals surface area contributed by atoms with Crippen LogP contribution in [-0.2, 0) is 0 Å². The van der Waals surface area contributed by atoms with E-state index in [2.05, 4.69) is 53.8 Å². The summed E-state index contributed by atoms with van der Waals surface area (Å²) in [5, 5.41) is 0. The summed E-state index contributed by atoms with van der Waals surface area (Å²) in [5.41, 5.74) is 1.40. The SMILES string of the molecule is C=CCN(CC=C)C1C(=[N+](CC=C)CC=C)C1N(CC=C)CC=C. The molecular weight excluding hydrogens is 294 g/mol. The largest absolute Gasteiger partial charge is 0.282 e. The molecule has 0 aliphatic heterocycles. The standard InChI is InChI=1S/C21H32N3/c1-7-13-22(14-8-2)19-20(23(15-9-3)16-10-4)21(19)24(17-11-5)18-12-6/h7-12,19-20H,1-6,13-18H2/q+1. The van der Waals surface area contributed by atoms with Crippen LogP contribution in [0, 0.1) is 0 Å². The molecule has 0 aromatic heterocycles. The van der Waals surface area contributed by atoms with Crippen molar-refractivity contribution in [1.82, 2.24) is 9.80 Å². The zero-order valence-electron chi connectivity index (χ0n) is 14.9. The fourth-order valence-electron chi connectivity index (χ4n) is 3.23. The molecule has 1 aliphatic rings. The van der Waals surface area contributed by atoms with Crippen molar-refractivity contribution in [2.24, 2.45) is 0 Å². The van der Waals surface area contributed by atoms with E-state index in [-0.39, 0.29) is 0 Å². The molecule has 0 aromatic rings. The average molecular weight is 327 g/mol. The van der Waals surface area contributed by atoms with Crippen molar-refractivity contribution in [3.8, 4) is 0 Å². The monoisotopic (exact) mass is 326 g/mol. The summed E-state index contributed by atoms with van der Waals surface area (Å²) < 4.78 is 2.35. The van der Waals surface area contributed by atoms with Crippen LogP contribution in [-0.4, -0.2) is 71.4 Å². The molecular formula is C21H32N3+. The second-order valence-corrected chi connectivity index (χ2v) is 5.86. The number of nitrogens with zero attached hydrogens (tertiary/aromatic N) is 3. The van der Waals surface area contributed by atoms with Gasteiger partial charge in [0, 0.05) is 26.2 Å². The summed E-state index contributed by atoms with van der Waals surface area (Å²) >= 11 is 0. The van der Waals surface area contributed by atoms with E-state index < -0.39 is 0 Å². The van der Waals surface area contributed by atoms with Crippen LogP contribution in [0.2, 0.25) is 0 Å². The molecule has 1 rings (SSSR count). The zero-order valence-corrected chi connectivity index (χ0v) is 14.9. The Labute approximate surface area is 148 Å². The first-order chi connectivity index (χ1) is 11.7. The van der Waals surface area contributed by atoms with E-state index in [4.69, 9.17) is 0 Å². The van der Waals surface area contributed by atoms with E-state index in [9.17, 15) is 0 Å². The first-order valence-corrected chi connectivity index (χ1v) is 8.45. The highest BCUT2D eigenvalue weighted by Crippen LogP contribution is 2.31. The molecule has 0 heterocycles. The van der Waals surface area contributed by atoms with E-state index in [1.54, 1.807) is 0 Å². The van der Waals surface area contributed by atoms with Gasteiger partial charge in [0.05, 0.1) is 0 Å². The normalized spacial score (nSPS) is 19.0. The fraction of sp³-hybridized carbons (Fsp3) is 0.381. The molecule has 24 heavy (non-hydrogen) atoms. The van der Waals surface area contributed by atoms with Gasteiger partial charge in [0.2, 0.25) is 0 Å². The minimum atomic E-state index is 0.348. The quantitative estimate of drug-likeness (QED) is 0.359. The zero-order chi connectivity index (χ0) is 17.9. The van der Waals surface area contributed by atoms with E-state index in [1.165, 1.54) is 5.71 Å². The molecule has 0 amide bonds. The van der Waals surface area contributed by atoms with Crippen LogP contribution in [0.25, 0.3) is 0 Å². The number of hydrogen-bond donors (Lipinski definition) is 0. The molecule has 1 saturated carbocycles. The second kappa shape index (κ2) is 10.7. The van der Waals surface area contributed by atoms with Gasteiger partial charge >= 0.3 is 0 Å². The first kappa shape index (κ1) is 20.1. The van der Waals surface area contributed by atoms with Gasteiger partial charge in [-0.05, 0) is 12.2 Å². The summed E-state index contributed by atoms with van der Waals surface area (Å²) in [7, 11) is 0. The summed E-state index contributed by atoms with van der Waals surface area (Å²) in [4.78, 5) is 4.80. The third-order valence-electron chi connectivity index (χ3n) is 4.10. The lowest BCUT2D eigenvalue weighted by atomic mass is 10.3. The van der Waals surface area contributed by atoms with E-state index in [1.807, 2.05) is 36.5 Å². The van der Waals surface area contributed by atoms with Gasteiger partial charge in [-0.15, -0.1) is 26.3 Å². The molecule has 0 aromatic carbocycles. The summed E-state index contributed by atoms with van der Waals surface area (Å²) in [5.74, 6) is 0. The van der Waals surface area contributed by atoms with Gasteiger partial charge in [-0.2, -0.15) is 0 Å². The van der Waals surface area contributed by atoms with Crippen LogP contribution in [0.15, 0.2) is 75.9 Å². The van der Waals surface area contributed by atoms with Crippen molar-refractivity contribution in [2.45, 2.75) is 12.1 Å². The van der Waals surface area contributed by atoms with Gasteiger partial charge in [0.1, 0.15) is 12.1 Å². The van der Waals surface area contributed by atoms with Crippen molar-refractivity contribution in [1.29, 1.82) is 0 Å². The lowest BCUT2D eigenvalue weighted by Crippen LogP contribution is -2.35. The highest BCUT2D eigenvalue weighted by molar-refractivity contribution is 6.08. The Morgan fingerprint density at radius 2 is 0.958 bits per heavy atom. The van der Waals surface area contributed by atoms with Gasteiger partial charge in [0.25, 0.3) is 0 Å². The molecule has 0 radical (unpaired) electrons. The molecule has 3 heteroatoms. The molecule has 1 fully saturated rings. The Bertz CT molecular complexity index is 451. The van der Waals surface area contributed by atoms with E-state index in [0.29, 0.717) is 12.1 Å². The second-order valence-electron chi connectivity index (χ2n) is 5.86. The Balaban J connectivity index is 3.23. The molecule has 0 saturated heterocycles. The van der Waals surface area contributed by atoms with Crippen molar-refractivity contribution in [3.63, 3.8) is 0 Å². The van der Waals surface area contributed by atoms with E-state index in [0.717, 1.165) is 39.3 Å². The van der Waals surface area contributed by atoms with Crippen molar-refractivity contribution >= 4 is 5.71 Å². The Hall–Kier alpha value is -1.97. The van der Waals surface area contributed by atoms with Crippen LogP contribution < -0.4 is 0 Å². The maximum absolute atomic E-state index is 3.90. The smallest absolute Gasteiger partial charge is 0.192 e. The van der Waals surface area contributed by atoms with Crippen molar-refractivity contribution in [2.75, 3.05) is 39.3 Å². The predicted octanol–water partition coefficient (Wildman–Crippen LogP) is 2.91. The molecule has 2 unspecified atom stereocenters. The minimum absolute atomic E-state index is 0.348. The number of rotatable bonds is 14. The molecule has 0 spiro atoms. The van der Waals surface area contributed by atoms with E-state index >= 15 is 0 Å². The van der Waals surface area contributed by atoms with Gasteiger partial charge in [0.15, 0.2) is 18.8 Å². The van der Waals surface area contributed by atoms with Gasteiger partial charge in [-0.3, -0.25) is 9.80 Å². The fourth-order valence-corrected chi connectivity index (χ4v) is 3.23.